The van der Waals surface area contributed by atoms with Gasteiger partial charge in [-0.2, -0.15) is 0 Å². The fourth-order valence-corrected chi connectivity index (χ4v) is 1.59. The lowest BCUT2D eigenvalue weighted by atomic mass is 10.0. The zero-order chi connectivity index (χ0) is 11.0. The van der Waals surface area contributed by atoms with Gasteiger partial charge in [-0.05, 0) is 19.8 Å². The molecule has 5 heteroatoms. The summed E-state index contributed by atoms with van der Waals surface area (Å²) in [5.74, 6) is -1.80. The minimum Gasteiger partial charge on any atom is -0.481 e. The van der Waals surface area contributed by atoms with Crippen molar-refractivity contribution in [3.63, 3.8) is 0 Å². The number of carbonyl (C=O) groups is 1. The van der Waals surface area contributed by atoms with Gasteiger partial charge in [-0.1, -0.05) is 0 Å². The van der Waals surface area contributed by atoms with Crippen LogP contribution < -0.4 is 0 Å². The molecule has 1 aliphatic rings. The van der Waals surface area contributed by atoms with Crippen molar-refractivity contribution in [2.75, 3.05) is 0 Å². The maximum absolute atomic E-state index is 10.7. The smallest absolute Gasteiger partial charge is 0.309 e. The Labute approximate surface area is 87.4 Å². The van der Waals surface area contributed by atoms with Crippen LogP contribution in [0.3, 0.4) is 0 Å². The maximum Gasteiger partial charge on any atom is 0.309 e. The Kier molecular flexibility index (Phi) is 2.48. The molecule has 0 amide bonds. The van der Waals surface area contributed by atoms with Gasteiger partial charge >= 0.3 is 5.97 Å². The van der Waals surface area contributed by atoms with Crippen LogP contribution in [0.15, 0.2) is 12.5 Å². The zero-order valence-corrected chi connectivity index (χ0v) is 8.50. The predicted molar refractivity (Wildman–Crippen MR) is 52.3 cm³/mol. The second-order valence-corrected chi connectivity index (χ2v) is 4.03. The van der Waals surface area contributed by atoms with Gasteiger partial charge in [0.15, 0.2) is 0 Å². The fourth-order valence-electron chi connectivity index (χ4n) is 1.59. The van der Waals surface area contributed by atoms with E-state index in [-0.39, 0.29) is 0 Å². The van der Waals surface area contributed by atoms with Crippen LogP contribution in [0.1, 0.15) is 37.6 Å². The lowest BCUT2D eigenvalue weighted by Crippen LogP contribution is -2.20. The number of hydrogen-bond acceptors (Lipinski definition) is 3. The summed E-state index contributed by atoms with van der Waals surface area (Å²) in [5.41, 5.74) is 0.604. The van der Waals surface area contributed by atoms with Crippen molar-refractivity contribution in [3.05, 3.63) is 18.2 Å². The third-order valence-electron chi connectivity index (χ3n) is 2.80. The van der Waals surface area contributed by atoms with Gasteiger partial charge in [-0.15, -0.1) is 0 Å². The molecule has 0 aliphatic heterocycles. The minimum absolute atomic E-state index is 0.401. The van der Waals surface area contributed by atoms with Gasteiger partial charge in [0.05, 0.1) is 24.1 Å². The molecule has 1 heterocycles. The normalized spacial score (nSPS) is 19.9. The molecule has 0 spiro atoms. The van der Waals surface area contributed by atoms with Crippen LogP contribution in [0.4, 0.5) is 0 Å². The van der Waals surface area contributed by atoms with Crippen LogP contribution in [0.2, 0.25) is 0 Å². The Morgan fingerprint density at radius 2 is 2.33 bits per heavy atom. The van der Waals surface area contributed by atoms with E-state index in [1.54, 1.807) is 12.5 Å². The number of hydrogen-bond donors (Lipinski definition) is 2. The van der Waals surface area contributed by atoms with Crippen molar-refractivity contribution in [1.29, 1.82) is 0 Å². The molecule has 0 saturated heterocycles. The summed E-state index contributed by atoms with van der Waals surface area (Å²) >= 11 is 0. The van der Waals surface area contributed by atoms with Gasteiger partial charge in [-0.25, -0.2) is 4.98 Å². The molecule has 0 bridgehead atoms. The number of aliphatic hydroxyl groups is 1. The summed E-state index contributed by atoms with van der Waals surface area (Å²) < 4.78 is 1.88. The molecule has 0 aromatic carbocycles. The van der Waals surface area contributed by atoms with Crippen LogP contribution >= 0.6 is 0 Å². The molecule has 1 aromatic heterocycles. The van der Waals surface area contributed by atoms with Crippen molar-refractivity contribution in [1.82, 2.24) is 9.55 Å². The first kappa shape index (κ1) is 10.2. The molecule has 82 valence electrons. The SMILES string of the molecule is CC(C(=O)O)C(O)c1cncn1C1CC1. The van der Waals surface area contributed by atoms with Gasteiger partial charge < -0.3 is 14.8 Å². The summed E-state index contributed by atoms with van der Waals surface area (Å²) in [6.45, 7) is 1.50. The van der Waals surface area contributed by atoms with Gasteiger partial charge in [0.25, 0.3) is 0 Å². The average molecular weight is 210 g/mol. The van der Waals surface area contributed by atoms with E-state index in [0.717, 1.165) is 12.8 Å². The zero-order valence-electron chi connectivity index (χ0n) is 8.50. The molecular weight excluding hydrogens is 196 g/mol. The molecule has 2 atom stereocenters. The highest BCUT2D eigenvalue weighted by atomic mass is 16.4. The number of carboxylic acids is 1. The molecule has 15 heavy (non-hydrogen) atoms. The monoisotopic (exact) mass is 210 g/mol. The van der Waals surface area contributed by atoms with Gasteiger partial charge in [-0.3, -0.25) is 4.79 Å². The molecule has 2 N–H and O–H groups in total. The molecule has 1 fully saturated rings. The molecule has 2 unspecified atom stereocenters. The summed E-state index contributed by atoms with van der Waals surface area (Å²) in [5, 5.41) is 18.7. The van der Waals surface area contributed by atoms with Gasteiger partial charge in [0.2, 0.25) is 0 Å². The Hall–Kier alpha value is -1.36. The lowest BCUT2D eigenvalue weighted by molar-refractivity contribution is -0.145. The molecule has 5 nitrogen and oxygen atoms in total. The van der Waals surface area contributed by atoms with Crippen LogP contribution in [0, 0.1) is 5.92 Å². The first-order valence-corrected chi connectivity index (χ1v) is 5.04. The lowest BCUT2D eigenvalue weighted by Gasteiger charge is -2.16. The van der Waals surface area contributed by atoms with Gasteiger partial charge in [0.1, 0.15) is 6.10 Å². The van der Waals surface area contributed by atoms with Crippen LogP contribution in [-0.2, 0) is 4.79 Å². The first-order chi connectivity index (χ1) is 7.11. The number of imidazole rings is 1. The van der Waals surface area contributed by atoms with Crippen molar-refractivity contribution in [3.8, 4) is 0 Å². The van der Waals surface area contributed by atoms with E-state index in [1.165, 1.54) is 6.92 Å². The highest BCUT2D eigenvalue weighted by Gasteiger charge is 2.31. The van der Waals surface area contributed by atoms with E-state index in [2.05, 4.69) is 4.98 Å². The Morgan fingerprint density at radius 1 is 1.67 bits per heavy atom. The van der Waals surface area contributed by atoms with Crippen LogP contribution in [0.5, 0.6) is 0 Å². The number of carboxylic acid groups (broad SMARTS) is 1. The maximum atomic E-state index is 10.7. The minimum atomic E-state index is -0.994. The standard InChI is InChI=1S/C10H14N2O3/c1-6(10(14)15)9(13)8-4-11-5-12(8)7-2-3-7/h4-7,9,13H,2-3H2,1H3,(H,14,15). The van der Waals surface area contributed by atoms with Crippen molar-refractivity contribution < 1.29 is 15.0 Å². The Morgan fingerprint density at radius 3 is 2.87 bits per heavy atom. The average Bonchev–Trinajstić information content (AvgIpc) is 2.94. The molecular formula is C10H14N2O3. The largest absolute Gasteiger partial charge is 0.481 e. The number of rotatable bonds is 4. The molecule has 1 aromatic rings. The Balaban J connectivity index is 2.20. The van der Waals surface area contributed by atoms with Crippen molar-refractivity contribution >= 4 is 5.97 Å². The second-order valence-electron chi connectivity index (χ2n) is 4.03. The predicted octanol–water partition coefficient (Wildman–Crippen LogP) is 0.972. The topological polar surface area (TPSA) is 75.3 Å². The molecule has 1 aliphatic carbocycles. The quantitative estimate of drug-likeness (QED) is 0.776. The van der Waals surface area contributed by atoms with Crippen molar-refractivity contribution in [2.45, 2.75) is 31.9 Å². The van der Waals surface area contributed by atoms with Crippen molar-refractivity contribution in [2.24, 2.45) is 5.92 Å². The van der Waals surface area contributed by atoms with E-state index in [9.17, 15) is 9.90 Å². The summed E-state index contributed by atoms with van der Waals surface area (Å²) in [7, 11) is 0. The molecule has 0 radical (unpaired) electrons. The van der Waals surface area contributed by atoms with Crippen LogP contribution in [-0.4, -0.2) is 25.7 Å². The third kappa shape index (κ3) is 1.87. The third-order valence-corrected chi connectivity index (χ3v) is 2.80. The second kappa shape index (κ2) is 3.66. The number of aliphatic hydroxyl groups excluding tert-OH is 1. The van der Waals surface area contributed by atoms with E-state index < -0.39 is 18.0 Å². The highest BCUT2D eigenvalue weighted by Crippen LogP contribution is 2.37. The van der Waals surface area contributed by atoms with E-state index in [0.29, 0.717) is 11.7 Å². The van der Waals surface area contributed by atoms with Gasteiger partial charge in [0, 0.05) is 6.04 Å². The van der Waals surface area contributed by atoms with E-state index in [4.69, 9.17) is 5.11 Å². The number of nitrogens with zero attached hydrogens (tertiary/aromatic N) is 2. The Bertz CT molecular complexity index is 370. The molecule has 1 saturated carbocycles. The highest BCUT2D eigenvalue weighted by molar-refractivity contribution is 5.70. The number of aliphatic carboxylic acids is 1. The molecule has 2 rings (SSSR count). The first-order valence-electron chi connectivity index (χ1n) is 5.04. The number of aromatic nitrogens is 2. The fraction of sp³-hybridized carbons (Fsp3) is 0.600. The van der Waals surface area contributed by atoms with E-state index in [1.807, 2.05) is 4.57 Å². The summed E-state index contributed by atoms with van der Waals surface area (Å²) in [4.78, 5) is 14.7. The summed E-state index contributed by atoms with van der Waals surface area (Å²) in [6, 6.07) is 0.401. The van der Waals surface area contributed by atoms with E-state index >= 15 is 0 Å². The van der Waals surface area contributed by atoms with Crippen LogP contribution in [0.25, 0.3) is 0 Å². The summed E-state index contributed by atoms with van der Waals surface area (Å²) in [6.07, 6.45) is 4.38.